The standard InChI is InChI=1S/C34H32N2O7S3/c1-4-10-26-22-29-30(23-27(26)11-5-2)43-32(35(29)17-19-46(40,41)42)20-24(6-3)21-33-36(16-9-18-45(37,38)39)34-28-13-8-7-12-25(28)14-15-31(34)44-33/h7-8,12-15,20-23H,6,9,16-19H2,1-3H3,(H-,37,38,39,40,41,42). The second kappa shape index (κ2) is 13.7. The summed E-state index contributed by atoms with van der Waals surface area (Å²) in [5.74, 6) is 11.7. The van der Waals surface area contributed by atoms with Crippen molar-refractivity contribution in [3.8, 4) is 29.4 Å². The number of thiazole rings is 1. The number of benzene rings is 3. The van der Waals surface area contributed by atoms with Crippen molar-refractivity contribution in [2.24, 2.45) is 0 Å². The summed E-state index contributed by atoms with van der Waals surface area (Å²) >= 11 is 1.55. The van der Waals surface area contributed by atoms with Crippen LogP contribution in [-0.4, -0.2) is 44.0 Å². The summed E-state index contributed by atoms with van der Waals surface area (Å²) in [6, 6.07) is 15.6. The van der Waals surface area contributed by atoms with Gasteiger partial charge in [-0.25, -0.2) is 8.42 Å². The van der Waals surface area contributed by atoms with Crippen LogP contribution in [0.4, 0.5) is 5.69 Å². The maximum atomic E-state index is 11.8. The first kappa shape index (κ1) is 33.2. The zero-order chi connectivity index (χ0) is 33.1. The highest BCUT2D eigenvalue weighted by Gasteiger charge is 2.29. The highest BCUT2D eigenvalue weighted by atomic mass is 32.2. The fourth-order valence-corrected chi connectivity index (χ4v) is 7.41. The summed E-state index contributed by atoms with van der Waals surface area (Å²) in [6.07, 6.45) is 4.56. The molecule has 2 heterocycles. The number of hydrogen-bond donors (Lipinski definition) is 1. The van der Waals surface area contributed by atoms with Gasteiger partial charge in [0.05, 0.1) is 26.9 Å². The molecule has 9 nitrogen and oxygen atoms in total. The van der Waals surface area contributed by atoms with Crippen molar-refractivity contribution >= 4 is 64.3 Å². The lowest BCUT2D eigenvalue weighted by atomic mass is 10.1. The van der Waals surface area contributed by atoms with Gasteiger partial charge in [-0.3, -0.25) is 4.55 Å². The Hall–Kier alpha value is -4.17. The van der Waals surface area contributed by atoms with Gasteiger partial charge >= 0.3 is 0 Å². The molecule has 46 heavy (non-hydrogen) atoms. The molecule has 4 aromatic rings. The van der Waals surface area contributed by atoms with E-state index in [0.717, 1.165) is 31.6 Å². The van der Waals surface area contributed by atoms with E-state index >= 15 is 0 Å². The third-order valence-electron chi connectivity index (χ3n) is 7.38. The number of aromatic nitrogens is 1. The number of anilines is 1. The lowest BCUT2D eigenvalue weighted by Gasteiger charge is -2.18. The minimum atomic E-state index is -4.38. The second-order valence-corrected chi connectivity index (χ2v) is 14.7. The van der Waals surface area contributed by atoms with Crippen molar-refractivity contribution in [2.75, 3.05) is 23.0 Å². The van der Waals surface area contributed by atoms with Crippen molar-refractivity contribution in [3.05, 3.63) is 82.2 Å². The van der Waals surface area contributed by atoms with Crippen LogP contribution in [0.1, 0.15) is 49.7 Å². The molecule has 0 spiro atoms. The fraction of sp³-hybridized carbons (Fsp3) is 0.265. The van der Waals surface area contributed by atoms with E-state index in [0.29, 0.717) is 41.4 Å². The van der Waals surface area contributed by atoms with Gasteiger partial charge in [0.25, 0.3) is 15.1 Å². The van der Waals surface area contributed by atoms with Crippen LogP contribution in [0.25, 0.3) is 27.1 Å². The predicted octanol–water partition coefficient (Wildman–Crippen LogP) is 5.44. The molecule has 5 rings (SSSR count). The molecule has 3 aromatic carbocycles. The molecular weight excluding hydrogens is 645 g/mol. The van der Waals surface area contributed by atoms with Crippen LogP contribution in [0.2, 0.25) is 0 Å². The minimum absolute atomic E-state index is 0.0645. The zero-order valence-electron chi connectivity index (χ0n) is 25.5. The summed E-state index contributed by atoms with van der Waals surface area (Å²) in [5, 5.41) is 2.90. The molecule has 1 aliphatic heterocycles. The molecule has 0 saturated carbocycles. The summed E-state index contributed by atoms with van der Waals surface area (Å²) in [6.45, 7) is 5.68. The fourth-order valence-electron chi connectivity index (χ4n) is 5.33. The Labute approximate surface area is 273 Å². The monoisotopic (exact) mass is 676 g/mol. The lowest BCUT2D eigenvalue weighted by molar-refractivity contribution is -0.667. The van der Waals surface area contributed by atoms with Gasteiger partial charge < -0.3 is 14.2 Å². The third kappa shape index (κ3) is 7.61. The smallest absolute Gasteiger partial charge is 0.266 e. The Balaban J connectivity index is 1.63. The zero-order valence-corrected chi connectivity index (χ0v) is 28.0. The maximum Gasteiger partial charge on any atom is 0.266 e. The van der Waals surface area contributed by atoms with Crippen molar-refractivity contribution < 1.29 is 35.2 Å². The third-order valence-corrected chi connectivity index (χ3v) is 9.96. The minimum Gasteiger partial charge on any atom is -0.748 e. The molecule has 0 saturated heterocycles. The van der Waals surface area contributed by atoms with E-state index in [-0.39, 0.29) is 13.0 Å². The highest BCUT2D eigenvalue weighted by Crippen LogP contribution is 2.41. The number of fused-ring (bicyclic) bond motifs is 4. The van der Waals surface area contributed by atoms with Crippen LogP contribution in [0.5, 0.6) is 5.75 Å². The van der Waals surface area contributed by atoms with E-state index in [9.17, 15) is 25.9 Å². The van der Waals surface area contributed by atoms with E-state index in [1.165, 1.54) is 0 Å². The van der Waals surface area contributed by atoms with Gasteiger partial charge in [0.15, 0.2) is 12.3 Å². The topological polar surface area (TPSA) is 128 Å². The lowest BCUT2D eigenvalue weighted by Crippen LogP contribution is -2.36. The number of nitrogens with zero attached hydrogens (tertiary/aromatic N) is 2. The first-order valence-electron chi connectivity index (χ1n) is 14.5. The molecule has 0 radical (unpaired) electrons. The number of ether oxygens (including phenoxy) is 1. The summed E-state index contributed by atoms with van der Waals surface area (Å²) in [5.41, 5.74) is 3.75. The highest BCUT2D eigenvalue weighted by molar-refractivity contribution is 7.86. The number of allylic oxidation sites excluding steroid dienone is 2. The molecule has 0 bridgehead atoms. The molecule has 238 valence electrons. The van der Waals surface area contributed by atoms with Crippen LogP contribution >= 0.6 is 11.3 Å². The summed E-state index contributed by atoms with van der Waals surface area (Å²) in [7, 11) is -8.65. The molecule has 0 atom stereocenters. The van der Waals surface area contributed by atoms with Gasteiger partial charge in [0, 0.05) is 42.0 Å². The van der Waals surface area contributed by atoms with Crippen LogP contribution in [-0.2, 0) is 26.8 Å². The average molecular weight is 677 g/mol. The van der Waals surface area contributed by atoms with Crippen LogP contribution < -0.4 is 14.2 Å². The SMILES string of the molecule is CC#Cc1cc2c(cc1C#CC)N(CCS(=O)(=O)O)/C(=C/C(=Cc1sc3ccc4ccccc4c3[n+]1CCCS(=O)(=O)[O-])CC)O2. The van der Waals surface area contributed by atoms with Crippen molar-refractivity contribution in [1.82, 2.24) is 0 Å². The Morgan fingerprint density at radius 3 is 2.43 bits per heavy atom. The van der Waals surface area contributed by atoms with E-state index in [2.05, 4.69) is 23.7 Å². The Kier molecular flexibility index (Phi) is 9.87. The second-order valence-electron chi connectivity index (χ2n) is 10.6. The molecule has 0 amide bonds. The largest absolute Gasteiger partial charge is 0.748 e. The van der Waals surface area contributed by atoms with Gasteiger partial charge in [0.1, 0.15) is 4.70 Å². The van der Waals surface area contributed by atoms with Gasteiger partial charge in [-0.1, -0.05) is 54.4 Å². The van der Waals surface area contributed by atoms with Crippen molar-refractivity contribution in [3.63, 3.8) is 0 Å². The van der Waals surface area contributed by atoms with Gasteiger partial charge in [0.2, 0.25) is 11.4 Å². The van der Waals surface area contributed by atoms with Gasteiger partial charge in [-0.15, -0.1) is 11.8 Å². The predicted molar refractivity (Wildman–Crippen MR) is 181 cm³/mol. The number of rotatable bonds is 10. The molecule has 1 N–H and O–H groups in total. The molecule has 0 unspecified atom stereocenters. The molecular formula is C34H32N2O7S3. The molecule has 12 heteroatoms. The number of aryl methyl sites for hydroxylation is 1. The Bertz CT molecular complexity index is 2250. The van der Waals surface area contributed by atoms with Gasteiger partial charge in [-0.2, -0.15) is 13.0 Å². The van der Waals surface area contributed by atoms with E-state index in [1.54, 1.807) is 42.2 Å². The van der Waals surface area contributed by atoms with E-state index in [4.69, 9.17) is 4.74 Å². The normalized spacial score (nSPS) is 14.2. The Morgan fingerprint density at radius 2 is 1.76 bits per heavy atom. The van der Waals surface area contributed by atoms with Crippen molar-refractivity contribution in [1.29, 1.82) is 0 Å². The van der Waals surface area contributed by atoms with Crippen LogP contribution in [0.3, 0.4) is 0 Å². The Morgan fingerprint density at radius 1 is 1.04 bits per heavy atom. The van der Waals surface area contributed by atoms with E-state index in [1.807, 2.05) is 60.0 Å². The first-order chi connectivity index (χ1) is 21.9. The van der Waals surface area contributed by atoms with Gasteiger partial charge in [-0.05, 0) is 55.5 Å². The summed E-state index contributed by atoms with van der Waals surface area (Å²) < 4.78 is 76.7. The van der Waals surface area contributed by atoms with Crippen LogP contribution in [0.15, 0.2) is 66.1 Å². The van der Waals surface area contributed by atoms with Crippen molar-refractivity contribution in [2.45, 2.75) is 40.2 Å². The summed E-state index contributed by atoms with van der Waals surface area (Å²) in [4.78, 5) is 1.70. The molecule has 0 fully saturated rings. The average Bonchev–Trinajstić information content (AvgIpc) is 3.51. The number of hydrogen-bond acceptors (Lipinski definition) is 8. The molecule has 0 aliphatic carbocycles. The van der Waals surface area contributed by atoms with E-state index < -0.39 is 31.7 Å². The first-order valence-corrected chi connectivity index (χ1v) is 18.5. The molecule has 1 aliphatic rings. The van der Waals surface area contributed by atoms with Crippen LogP contribution in [0, 0.1) is 23.7 Å². The quantitative estimate of drug-likeness (QED) is 0.134. The maximum absolute atomic E-state index is 11.8. The molecule has 1 aromatic heterocycles.